The maximum atomic E-state index is 12.5. The van der Waals surface area contributed by atoms with Crippen molar-refractivity contribution < 1.29 is 4.79 Å². The van der Waals surface area contributed by atoms with Gasteiger partial charge in [-0.25, -0.2) is 4.98 Å². The molecule has 1 saturated heterocycles. The molecule has 0 spiro atoms. The van der Waals surface area contributed by atoms with Gasteiger partial charge in [-0.15, -0.1) is 0 Å². The molecular weight excluding hydrogens is 288 g/mol. The molecule has 4 rings (SSSR count). The zero-order valence-electron chi connectivity index (χ0n) is 13.9. The van der Waals surface area contributed by atoms with E-state index in [1.54, 1.807) is 0 Å². The third-order valence-corrected chi connectivity index (χ3v) is 5.94. The van der Waals surface area contributed by atoms with Crippen LogP contribution in [0.3, 0.4) is 0 Å². The van der Waals surface area contributed by atoms with E-state index in [0.717, 1.165) is 44.2 Å². The molecule has 2 bridgehead atoms. The quantitative estimate of drug-likeness (QED) is 0.929. The molecule has 23 heavy (non-hydrogen) atoms. The molecule has 2 aliphatic carbocycles. The average molecular weight is 314 g/mol. The van der Waals surface area contributed by atoms with E-state index in [0.29, 0.717) is 11.7 Å². The highest BCUT2D eigenvalue weighted by Crippen LogP contribution is 2.48. The summed E-state index contributed by atoms with van der Waals surface area (Å²) in [7, 11) is 2.16. The summed E-state index contributed by atoms with van der Waals surface area (Å²) >= 11 is 0. The lowest BCUT2D eigenvalue weighted by molar-refractivity contribution is -0.121. The first-order chi connectivity index (χ1) is 11.2. The molecule has 1 aliphatic heterocycles. The van der Waals surface area contributed by atoms with E-state index in [4.69, 9.17) is 0 Å². The first kappa shape index (κ1) is 14.9. The van der Waals surface area contributed by atoms with Crippen molar-refractivity contribution in [3.8, 4) is 0 Å². The minimum absolute atomic E-state index is 0.178. The summed E-state index contributed by atoms with van der Waals surface area (Å²) in [6.45, 7) is 4.25. The Balaban J connectivity index is 1.36. The zero-order valence-corrected chi connectivity index (χ0v) is 13.9. The van der Waals surface area contributed by atoms with E-state index >= 15 is 0 Å². The summed E-state index contributed by atoms with van der Waals surface area (Å²) in [6.07, 6.45) is 6.79. The van der Waals surface area contributed by atoms with Crippen LogP contribution in [-0.2, 0) is 4.79 Å². The molecule has 3 atom stereocenters. The van der Waals surface area contributed by atoms with Gasteiger partial charge in [-0.3, -0.25) is 4.79 Å². The topological polar surface area (TPSA) is 48.5 Å². The average Bonchev–Trinajstić information content (AvgIpc) is 3.19. The molecule has 5 nitrogen and oxygen atoms in total. The monoisotopic (exact) mass is 314 g/mol. The smallest absolute Gasteiger partial charge is 0.228 e. The van der Waals surface area contributed by atoms with Crippen LogP contribution in [0.1, 0.15) is 25.7 Å². The van der Waals surface area contributed by atoms with E-state index in [2.05, 4.69) is 33.2 Å². The first-order valence-corrected chi connectivity index (χ1v) is 8.89. The Labute approximate surface area is 138 Å². The number of pyridine rings is 1. The predicted octanol–water partition coefficient (Wildman–Crippen LogP) is 2.21. The molecule has 2 heterocycles. The van der Waals surface area contributed by atoms with Gasteiger partial charge >= 0.3 is 0 Å². The first-order valence-electron chi connectivity index (χ1n) is 8.89. The Morgan fingerprint density at radius 1 is 1.17 bits per heavy atom. The highest BCUT2D eigenvalue weighted by molar-refractivity contribution is 5.92. The number of anilines is 2. The minimum atomic E-state index is 0.178. The standard InChI is InChI=1S/C18H26N4O/c1-21-6-8-22(9-7-21)15-4-5-17(19-12-15)20-18(23)16-11-13-2-3-14(16)10-13/h4-5,12-14,16H,2-3,6-11H2,1H3,(H,19,20,23). The van der Waals surface area contributed by atoms with E-state index in [1.807, 2.05) is 12.3 Å². The van der Waals surface area contributed by atoms with Crippen molar-refractivity contribution in [2.45, 2.75) is 25.7 Å². The van der Waals surface area contributed by atoms with E-state index in [1.165, 1.54) is 19.3 Å². The van der Waals surface area contributed by atoms with Crippen molar-refractivity contribution in [2.24, 2.45) is 17.8 Å². The van der Waals surface area contributed by atoms with Gasteiger partial charge < -0.3 is 15.1 Å². The largest absolute Gasteiger partial charge is 0.368 e. The number of hydrogen-bond donors (Lipinski definition) is 1. The highest BCUT2D eigenvalue weighted by atomic mass is 16.2. The lowest BCUT2D eigenvalue weighted by atomic mass is 9.88. The van der Waals surface area contributed by atoms with Crippen LogP contribution in [0.2, 0.25) is 0 Å². The maximum absolute atomic E-state index is 12.5. The van der Waals surface area contributed by atoms with Gasteiger partial charge in [-0.1, -0.05) is 6.42 Å². The Morgan fingerprint density at radius 2 is 2.00 bits per heavy atom. The Hall–Kier alpha value is -1.62. The van der Waals surface area contributed by atoms with E-state index in [-0.39, 0.29) is 11.8 Å². The van der Waals surface area contributed by atoms with Crippen LogP contribution in [0.15, 0.2) is 18.3 Å². The summed E-state index contributed by atoms with van der Waals surface area (Å²) in [5.74, 6) is 2.49. The SMILES string of the molecule is CN1CCN(c2ccc(NC(=O)C3CC4CCC3C4)nc2)CC1. The molecule has 2 saturated carbocycles. The van der Waals surface area contributed by atoms with Crippen LogP contribution in [0.4, 0.5) is 11.5 Å². The molecule has 3 unspecified atom stereocenters. The van der Waals surface area contributed by atoms with Crippen LogP contribution in [0.25, 0.3) is 0 Å². The molecule has 1 amide bonds. The number of hydrogen-bond acceptors (Lipinski definition) is 4. The number of nitrogens with zero attached hydrogens (tertiary/aromatic N) is 3. The second-order valence-electron chi connectivity index (χ2n) is 7.46. The van der Waals surface area contributed by atoms with Gasteiger partial charge in [0.1, 0.15) is 5.82 Å². The second kappa shape index (κ2) is 6.11. The van der Waals surface area contributed by atoms with Crippen molar-refractivity contribution in [2.75, 3.05) is 43.4 Å². The summed E-state index contributed by atoms with van der Waals surface area (Å²) in [5, 5.41) is 3.03. The molecule has 0 radical (unpaired) electrons. The van der Waals surface area contributed by atoms with Crippen molar-refractivity contribution in [1.82, 2.24) is 9.88 Å². The number of nitrogens with one attached hydrogen (secondary N) is 1. The maximum Gasteiger partial charge on any atom is 0.228 e. The number of carbonyl (C=O) groups is 1. The summed E-state index contributed by atoms with van der Waals surface area (Å²) in [4.78, 5) is 21.6. The fourth-order valence-corrected chi connectivity index (χ4v) is 4.50. The molecule has 1 aromatic rings. The number of rotatable bonds is 3. The molecule has 1 N–H and O–H groups in total. The Morgan fingerprint density at radius 3 is 2.61 bits per heavy atom. The third kappa shape index (κ3) is 3.07. The van der Waals surface area contributed by atoms with Crippen LogP contribution in [-0.4, -0.2) is 49.0 Å². The zero-order chi connectivity index (χ0) is 15.8. The van der Waals surface area contributed by atoms with Gasteiger partial charge in [0, 0.05) is 32.1 Å². The fraction of sp³-hybridized carbons (Fsp3) is 0.667. The van der Waals surface area contributed by atoms with Gasteiger partial charge in [-0.2, -0.15) is 0 Å². The Kier molecular flexibility index (Phi) is 3.97. The molecular formula is C18H26N4O. The number of piperazine rings is 1. The molecule has 1 aromatic heterocycles. The van der Waals surface area contributed by atoms with Crippen molar-refractivity contribution in [3.05, 3.63) is 18.3 Å². The van der Waals surface area contributed by atoms with Crippen molar-refractivity contribution in [1.29, 1.82) is 0 Å². The van der Waals surface area contributed by atoms with Crippen LogP contribution in [0, 0.1) is 17.8 Å². The Bertz CT molecular complexity index is 565. The second-order valence-corrected chi connectivity index (χ2v) is 7.46. The molecule has 0 aromatic carbocycles. The van der Waals surface area contributed by atoms with Crippen LogP contribution in [0.5, 0.6) is 0 Å². The van der Waals surface area contributed by atoms with Gasteiger partial charge in [0.25, 0.3) is 0 Å². The third-order valence-electron chi connectivity index (χ3n) is 5.94. The highest BCUT2D eigenvalue weighted by Gasteiger charge is 2.43. The number of fused-ring (bicyclic) bond motifs is 2. The van der Waals surface area contributed by atoms with Gasteiger partial charge in [0.2, 0.25) is 5.91 Å². The normalized spacial score (nSPS) is 30.7. The molecule has 3 fully saturated rings. The minimum Gasteiger partial charge on any atom is -0.368 e. The molecule has 3 aliphatic rings. The number of carbonyl (C=O) groups excluding carboxylic acids is 1. The molecule has 124 valence electrons. The van der Waals surface area contributed by atoms with Gasteiger partial charge in [0.05, 0.1) is 11.9 Å². The summed E-state index contributed by atoms with van der Waals surface area (Å²) < 4.78 is 0. The van der Waals surface area contributed by atoms with Crippen molar-refractivity contribution in [3.63, 3.8) is 0 Å². The van der Waals surface area contributed by atoms with Crippen LogP contribution >= 0.6 is 0 Å². The lowest BCUT2D eigenvalue weighted by Gasteiger charge is -2.33. The van der Waals surface area contributed by atoms with Crippen LogP contribution < -0.4 is 10.2 Å². The van der Waals surface area contributed by atoms with Gasteiger partial charge in [-0.05, 0) is 50.3 Å². The van der Waals surface area contributed by atoms with E-state index < -0.39 is 0 Å². The summed E-state index contributed by atoms with van der Waals surface area (Å²) in [6, 6.07) is 4.02. The van der Waals surface area contributed by atoms with Gasteiger partial charge in [0.15, 0.2) is 0 Å². The molecule has 5 heteroatoms. The van der Waals surface area contributed by atoms with Crippen molar-refractivity contribution >= 4 is 17.4 Å². The van der Waals surface area contributed by atoms with E-state index in [9.17, 15) is 4.79 Å². The predicted molar refractivity (Wildman–Crippen MR) is 91.5 cm³/mol. The fourth-order valence-electron chi connectivity index (χ4n) is 4.50. The lowest BCUT2D eigenvalue weighted by Crippen LogP contribution is -2.44. The number of likely N-dealkylation sites (N-methyl/N-ethyl adjacent to an activating group) is 1. The summed E-state index contributed by atoms with van der Waals surface area (Å²) in [5.41, 5.74) is 1.15. The number of aromatic nitrogens is 1. The number of amides is 1.